The number of halogens is 1. The molecule has 0 aliphatic rings. The molecule has 1 amide bonds. The summed E-state index contributed by atoms with van der Waals surface area (Å²) in [7, 11) is 0. The van der Waals surface area contributed by atoms with Crippen LogP contribution in [0.5, 0.6) is 5.75 Å². The second-order valence-corrected chi connectivity index (χ2v) is 5.37. The van der Waals surface area contributed by atoms with Gasteiger partial charge in [-0.1, -0.05) is 17.7 Å². The van der Waals surface area contributed by atoms with E-state index >= 15 is 0 Å². The van der Waals surface area contributed by atoms with Gasteiger partial charge in [-0.2, -0.15) is 0 Å². The van der Waals surface area contributed by atoms with Crippen LogP contribution in [-0.2, 0) is 4.79 Å². The Morgan fingerprint density at radius 1 is 1.17 bits per heavy atom. The summed E-state index contributed by atoms with van der Waals surface area (Å²) in [5, 5.41) is 12.3. The largest absolute Gasteiger partial charge is 0.493 e. The molecule has 23 heavy (non-hydrogen) atoms. The van der Waals surface area contributed by atoms with Crippen LogP contribution < -0.4 is 10.1 Å². The Kier molecular flexibility index (Phi) is 5.60. The number of hydrogen-bond acceptors (Lipinski definition) is 3. The molecule has 2 N–H and O–H groups in total. The Bertz CT molecular complexity index is 713. The quantitative estimate of drug-likeness (QED) is 0.844. The SMILES string of the molecule is Cc1ccc(C(=O)O)cc1NC(=O)CCOc1ccc(Cl)cc1. The second kappa shape index (κ2) is 7.65. The van der Waals surface area contributed by atoms with Gasteiger partial charge in [0.1, 0.15) is 5.75 Å². The number of nitrogens with one attached hydrogen (secondary N) is 1. The van der Waals surface area contributed by atoms with Crippen LogP contribution in [0.4, 0.5) is 5.69 Å². The predicted molar refractivity (Wildman–Crippen MR) is 88.3 cm³/mol. The van der Waals surface area contributed by atoms with Crippen LogP contribution in [-0.4, -0.2) is 23.6 Å². The molecule has 2 aromatic rings. The topological polar surface area (TPSA) is 75.6 Å². The highest BCUT2D eigenvalue weighted by Gasteiger charge is 2.09. The zero-order valence-electron chi connectivity index (χ0n) is 12.5. The molecule has 6 heteroatoms. The maximum Gasteiger partial charge on any atom is 0.335 e. The Hall–Kier alpha value is -2.53. The van der Waals surface area contributed by atoms with Gasteiger partial charge in [0.15, 0.2) is 0 Å². The van der Waals surface area contributed by atoms with Crippen LogP contribution in [0.15, 0.2) is 42.5 Å². The normalized spacial score (nSPS) is 10.2. The minimum Gasteiger partial charge on any atom is -0.493 e. The summed E-state index contributed by atoms with van der Waals surface area (Å²) < 4.78 is 5.45. The molecule has 5 nitrogen and oxygen atoms in total. The highest BCUT2D eigenvalue weighted by atomic mass is 35.5. The Labute approximate surface area is 138 Å². The van der Waals surface area contributed by atoms with Gasteiger partial charge in [-0.25, -0.2) is 4.79 Å². The lowest BCUT2D eigenvalue weighted by Crippen LogP contribution is -2.16. The highest BCUT2D eigenvalue weighted by molar-refractivity contribution is 6.30. The van der Waals surface area contributed by atoms with Crippen LogP contribution in [0.2, 0.25) is 5.02 Å². The van der Waals surface area contributed by atoms with Crippen molar-refractivity contribution in [2.24, 2.45) is 0 Å². The van der Waals surface area contributed by atoms with E-state index in [1.165, 1.54) is 12.1 Å². The molecular weight excluding hydrogens is 318 g/mol. The average Bonchev–Trinajstić information content (AvgIpc) is 2.51. The van der Waals surface area contributed by atoms with Crippen molar-refractivity contribution in [1.29, 1.82) is 0 Å². The van der Waals surface area contributed by atoms with Crippen molar-refractivity contribution in [2.45, 2.75) is 13.3 Å². The Morgan fingerprint density at radius 3 is 2.52 bits per heavy atom. The lowest BCUT2D eigenvalue weighted by atomic mass is 10.1. The summed E-state index contributed by atoms with van der Waals surface area (Å²) >= 11 is 5.77. The van der Waals surface area contributed by atoms with E-state index in [9.17, 15) is 9.59 Å². The van der Waals surface area contributed by atoms with Crippen molar-refractivity contribution in [3.05, 3.63) is 58.6 Å². The first kappa shape index (κ1) is 16.8. The molecule has 0 spiro atoms. The van der Waals surface area contributed by atoms with Gasteiger partial charge in [-0.05, 0) is 48.9 Å². The molecule has 0 aliphatic carbocycles. The summed E-state index contributed by atoms with van der Waals surface area (Å²) in [6, 6.07) is 11.5. The summed E-state index contributed by atoms with van der Waals surface area (Å²) in [4.78, 5) is 22.9. The standard InChI is InChI=1S/C17H16ClNO4/c1-11-2-3-12(17(21)22)10-15(11)19-16(20)8-9-23-14-6-4-13(18)5-7-14/h2-7,10H,8-9H2,1H3,(H,19,20)(H,21,22). The molecule has 0 saturated heterocycles. The van der Waals surface area contributed by atoms with Crippen LogP contribution >= 0.6 is 11.6 Å². The molecule has 0 fully saturated rings. The van der Waals surface area contributed by atoms with Crippen molar-refractivity contribution in [2.75, 3.05) is 11.9 Å². The minimum absolute atomic E-state index is 0.128. The van der Waals surface area contributed by atoms with Crippen molar-refractivity contribution < 1.29 is 19.4 Å². The van der Waals surface area contributed by atoms with Crippen LogP contribution in [0.3, 0.4) is 0 Å². The number of carboxylic acid groups (broad SMARTS) is 1. The van der Waals surface area contributed by atoms with E-state index in [1.54, 1.807) is 37.3 Å². The minimum atomic E-state index is -1.04. The van der Waals surface area contributed by atoms with E-state index in [0.29, 0.717) is 16.5 Å². The first-order chi connectivity index (χ1) is 11.0. The zero-order valence-corrected chi connectivity index (χ0v) is 13.3. The van der Waals surface area contributed by atoms with Gasteiger partial charge >= 0.3 is 5.97 Å². The first-order valence-corrected chi connectivity index (χ1v) is 7.35. The summed E-state index contributed by atoms with van der Waals surface area (Å²) in [6.07, 6.45) is 0.152. The molecule has 0 saturated carbocycles. The van der Waals surface area contributed by atoms with Gasteiger partial charge in [-0.3, -0.25) is 4.79 Å². The van der Waals surface area contributed by atoms with Gasteiger partial charge in [0, 0.05) is 10.7 Å². The van der Waals surface area contributed by atoms with E-state index in [1.807, 2.05) is 0 Å². The Balaban J connectivity index is 1.88. The molecule has 0 heterocycles. The second-order valence-electron chi connectivity index (χ2n) is 4.94. The molecule has 0 radical (unpaired) electrons. The zero-order chi connectivity index (χ0) is 16.8. The summed E-state index contributed by atoms with van der Waals surface area (Å²) in [5.74, 6) is -0.651. The first-order valence-electron chi connectivity index (χ1n) is 6.98. The fourth-order valence-electron chi connectivity index (χ4n) is 1.89. The lowest BCUT2D eigenvalue weighted by molar-refractivity contribution is -0.116. The van der Waals surface area contributed by atoms with Crippen molar-refractivity contribution in [3.63, 3.8) is 0 Å². The summed E-state index contributed by atoms with van der Waals surface area (Å²) in [5.41, 5.74) is 1.41. The third-order valence-corrected chi connectivity index (χ3v) is 3.42. The number of aryl methyl sites for hydroxylation is 1. The lowest BCUT2D eigenvalue weighted by Gasteiger charge is -2.10. The third kappa shape index (κ3) is 5.00. The molecule has 2 rings (SSSR count). The number of aromatic carboxylic acids is 1. The van der Waals surface area contributed by atoms with Crippen LogP contribution in [0, 0.1) is 6.92 Å². The van der Waals surface area contributed by atoms with E-state index < -0.39 is 5.97 Å². The smallest absolute Gasteiger partial charge is 0.335 e. The van der Waals surface area contributed by atoms with E-state index in [2.05, 4.69) is 5.32 Å². The number of benzene rings is 2. The molecule has 120 valence electrons. The van der Waals surface area contributed by atoms with Gasteiger partial charge in [0.05, 0.1) is 18.6 Å². The number of amides is 1. The number of rotatable bonds is 6. The number of carbonyl (C=O) groups is 2. The molecule has 0 bridgehead atoms. The number of anilines is 1. The van der Waals surface area contributed by atoms with Crippen molar-refractivity contribution >= 4 is 29.2 Å². The summed E-state index contributed by atoms with van der Waals surface area (Å²) in [6.45, 7) is 2.01. The fourth-order valence-corrected chi connectivity index (χ4v) is 2.02. The van der Waals surface area contributed by atoms with Gasteiger partial charge in [0.25, 0.3) is 0 Å². The average molecular weight is 334 g/mol. The van der Waals surface area contributed by atoms with Crippen molar-refractivity contribution in [1.82, 2.24) is 0 Å². The monoisotopic (exact) mass is 333 g/mol. The Morgan fingerprint density at radius 2 is 1.87 bits per heavy atom. The number of carboxylic acids is 1. The van der Waals surface area contributed by atoms with Gasteiger partial charge < -0.3 is 15.2 Å². The molecule has 0 aliphatic heterocycles. The molecule has 2 aromatic carbocycles. The highest BCUT2D eigenvalue weighted by Crippen LogP contribution is 2.18. The molecule has 0 atom stereocenters. The van der Waals surface area contributed by atoms with E-state index in [0.717, 1.165) is 5.56 Å². The molecule has 0 unspecified atom stereocenters. The maximum atomic E-state index is 11.9. The number of ether oxygens (including phenoxy) is 1. The molecular formula is C17H16ClNO4. The molecule has 0 aromatic heterocycles. The van der Waals surface area contributed by atoms with E-state index in [4.69, 9.17) is 21.4 Å². The van der Waals surface area contributed by atoms with Gasteiger partial charge in [-0.15, -0.1) is 0 Å². The van der Waals surface area contributed by atoms with Crippen molar-refractivity contribution in [3.8, 4) is 5.75 Å². The number of carbonyl (C=O) groups excluding carboxylic acids is 1. The fraction of sp³-hybridized carbons (Fsp3) is 0.176. The number of hydrogen-bond donors (Lipinski definition) is 2. The van der Waals surface area contributed by atoms with Crippen LogP contribution in [0.1, 0.15) is 22.3 Å². The van der Waals surface area contributed by atoms with Crippen LogP contribution in [0.25, 0.3) is 0 Å². The van der Waals surface area contributed by atoms with Gasteiger partial charge in [0.2, 0.25) is 5.91 Å². The van der Waals surface area contributed by atoms with E-state index in [-0.39, 0.29) is 24.5 Å². The maximum absolute atomic E-state index is 11.9. The third-order valence-electron chi connectivity index (χ3n) is 3.17. The predicted octanol–water partition coefficient (Wildman–Crippen LogP) is 3.75.